The lowest BCUT2D eigenvalue weighted by Gasteiger charge is -2.29. The Bertz CT molecular complexity index is 949. The number of aliphatic hydroxyl groups is 1. The van der Waals surface area contributed by atoms with Crippen LogP contribution in [-0.4, -0.2) is 63.7 Å². The number of anilines is 1. The first-order valence-corrected chi connectivity index (χ1v) is 10.5. The zero-order chi connectivity index (χ0) is 21.7. The molecule has 0 spiro atoms. The molecule has 0 amide bonds. The fourth-order valence-electron chi connectivity index (χ4n) is 3.99. The molecular weight excluding hydrogens is 397 g/mol. The maximum Gasteiger partial charge on any atom is 0.141 e. The van der Waals surface area contributed by atoms with Crippen LogP contribution in [0.15, 0.2) is 61.1 Å². The highest BCUT2D eigenvalue weighted by Crippen LogP contribution is 2.26. The smallest absolute Gasteiger partial charge is 0.141 e. The van der Waals surface area contributed by atoms with Gasteiger partial charge in [-0.05, 0) is 49.4 Å². The predicted octanol–water partition coefficient (Wildman–Crippen LogP) is 2.57. The number of β-amino-alcohol motifs (C(OH)–C–C–N with tert-alkyl or cyclic N) is 1. The van der Waals surface area contributed by atoms with Gasteiger partial charge in [-0.1, -0.05) is 12.1 Å². The van der Waals surface area contributed by atoms with Gasteiger partial charge in [-0.2, -0.15) is 5.10 Å². The van der Waals surface area contributed by atoms with Crippen LogP contribution in [0.5, 0.6) is 5.75 Å². The molecular formula is C23H28FN5O2. The first-order valence-electron chi connectivity index (χ1n) is 10.5. The van der Waals surface area contributed by atoms with Gasteiger partial charge in [0.15, 0.2) is 0 Å². The van der Waals surface area contributed by atoms with E-state index >= 15 is 0 Å². The van der Waals surface area contributed by atoms with Crippen molar-refractivity contribution in [1.29, 1.82) is 0 Å². The maximum atomic E-state index is 13.1. The van der Waals surface area contributed by atoms with Crippen LogP contribution in [0.25, 0.3) is 0 Å². The summed E-state index contributed by atoms with van der Waals surface area (Å²) in [5.74, 6) is 1.17. The molecule has 1 saturated heterocycles. The number of aromatic nitrogens is 3. The second-order valence-corrected chi connectivity index (χ2v) is 8.16. The number of ether oxygens (including phenoxy) is 1. The number of rotatable bonds is 9. The number of nitrogens with zero attached hydrogens (tertiary/aromatic N) is 5. The molecule has 3 heterocycles. The Hall–Kier alpha value is -2.97. The maximum absolute atomic E-state index is 13.1. The summed E-state index contributed by atoms with van der Waals surface area (Å²) in [6.07, 6.45) is 5.53. The van der Waals surface area contributed by atoms with E-state index in [2.05, 4.69) is 15.0 Å². The minimum atomic E-state index is -0.819. The van der Waals surface area contributed by atoms with Crippen LogP contribution in [-0.2, 0) is 13.1 Å². The third-order valence-corrected chi connectivity index (χ3v) is 5.46. The van der Waals surface area contributed by atoms with Gasteiger partial charge in [0, 0.05) is 38.6 Å². The largest absolute Gasteiger partial charge is 0.492 e. The Morgan fingerprint density at radius 3 is 2.77 bits per heavy atom. The van der Waals surface area contributed by atoms with Gasteiger partial charge in [0.1, 0.15) is 24.0 Å². The third kappa shape index (κ3) is 5.80. The van der Waals surface area contributed by atoms with Crippen molar-refractivity contribution in [2.45, 2.75) is 25.1 Å². The van der Waals surface area contributed by atoms with Crippen LogP contribution in [0.4, 0.5) is 10.2 Å². The summed E-state index contributed by atoms with van der Waals surface area (Å²) in [5.41, 5.74) is 0.334. The highest BCUT2D eigenvalue weighted by Gasteiger charge is 2.37. The molecule has 2 aromatic heterocycles. The van der Waals surface area contributed by atoms with E-state index in [1.165, 1.54) is 12.3 Å². The molecule has 1 fully saturated rings. The molecule has 3 aromatic rings. The van der Waals surface area contributed by atoms with E-state index in [0.29, 0.717) is 45.0 Å². The second-order valence-electron chi connectivity index (χ2n) is 8.16. The molecule has 31 heavy (non-hydrogen) atoms. The lowest BCUT2D eigenvalue weighted by molar-refractivity contribution is 0.0279. The molecule has 0 aliphatic carbocycles. The van der Waals surface area contributed by atoms with Gasteiger partial charge in [0.2, 0.25) is 0 Å². The molecule has 0 radical (unpaired) electrons. The number of halogens is 1. The molecule has 4 rings (SSSR count). The molecule has 1 atom stereocenters. The van der Waals surface area contributed by atoms with Crippen molar-refractivity contribution in [3.63, 3.8) is 0 Å². The molecule has 164 valence electrons. The molecule has 0 bridgehead atoms. The SMILES string of the molecule is CN(Cc1ccc(OCCn2cccn2)cc1)C[C@@]1(O)CCN(c2ccc(F)cn2)C1. The molecule has 1 N–H and O–H groups in total. The number of likely N-dealkylation sites (N-methyl/N-ethyl adjacent to an activating group) is 1. The number of pyridine rings is 1. The summed E-state index contributed by atoms with van der Waals surface area (Å²) in [5, 5.41) is 15.2. The first-order chi connectivity index (χ1) is 15.0. The number of hydrogen-bond acceptors (Lipinski definition) is 6. The van der Waals surface area contributed by atoms with E-state index in [0.717, 1.165) is 17.9 Å². The minimum absolute atomic E-state index is 0.354. The summed E-state index contributed by atoms with van der Waals surface area (Å²) in [7, 11) is 2.01. The fourth-order valence-corrected chi connectivity index (χ4v) is 3.99. The van der Waals surface area contributed by atoms with Crippen LogP contribution in [0.3, 0.4) is 0 Å². The molecule has 1 aliphatic heterocycles. The van der Waals surface area contributed by atoms with Crippen molar-refractivity contribution in [3.05, 3.63) is 72.4 Å². The minimum Gasteiger partial charge on any atom is -0.492 e. The van der Waals surface area contributed by atoms with Gasteiger partial charge in [0.25, 0.3) is 0 Å². The molecule has 1 aliphatic rings. The lowest BCUT2D eigenvalue weighted by Crippen LogP contribution is -2.43. The quantitative estimate of drug-likeness (QED) is 0.569. The van der Waals surface area contributed by atoms with Crippen LogP contribution in [0.1, 0.15) is 12.0 Å². The second kappa shape index (κ2) is 9.45. The Kier molecular flexibility index (Phi) is 6.48. The highest BCUT2D eigenvalue weighted by atomic mass is 19.1. The van der Waals surface area contributed by atoms with E-state index in [1.54, 1.807) is 12.3 Å². The summed E-state index contributed by atoms with van der Waals surface area (Å²) in [6.45, 7) is 3.73. The lowest BCUT2D eigenvalue weighted by atomic mass is 10.0. The van der Waals surface area contributed by atoms with E-state index in [9.17, 15) is 9.50 Å². The van der Waals surface area contributed by atoms with E-state index in [1.807, 2.05) is 53.2 Å². The molecule has 8 heteroatoms. The van der Waals surface area contributed by atoms with Crippen LogP contribution >= 0.6 is 0 Å². The Balaban J connectivity index is 1.24. The number of hydrogen-bond donors (Lipinski definition) is 1. The van der Waals surface area contributed by atoms with Crippen molar-refractivity contribution >= 4 is 5.82 Å². The summed E-state index contributed by atoms with van der Waals surface area (Å²) in [4.78, 5) is 8.25. The van der Waals surface area contributed by atoms with Crippen LogP contribution in [0.2, 0.25) is 0 Å². The van der Waals surface area contributed by atoms with Crippen molar-refractivity contribution in [2.75, 3.05) is 38.2 Å². The van der Waals surface area contributed by atoms with Gasteiger partial charge < -0.3 is 14.7 Å². The van der Waals surface area contributed by atoms with Gasteiger partial charge in [0.05, 0.1) is 18.3 Å². The highest BCUT2D eigenvalue weighted by molar-refractivity contribution is 5.40. The summed E-state index contributed by atoms with van der Waals surface area (Å²) < 4.78 is 20.7. The van der Waals surface area contributed by atoms with E-state index in [4.69, 9.17) is 4.74 Å². The Morgan fingerprint density at radius 1 is 1.23 bits per heavy atom. The molecule has 1 aromatic carbocycles. The number of benzene rings is 1. The topological polar surface area (TPSA) is 66.7 Å². The monoisotopic (exact) mass is 425 g/mol. The van der Waals surface area contributed by atoms with Crippen LogP contribution in [0, 0.1) is 5.82 Å². The standard InChI is InChI=1S/C23H28FN5O2/c1-27(17-23(30)9-12-28(18-23)22-8-5-20(24)15-25-22)16-19-3-6-21(7-4-19)31-14-13-29-11-2-10-26-29/h2-8,10-11,15,30H,9,12-14,16-18H2,1H3/t23-/m0/s1. The van der Waals surface area contributed by atoms with Crippen molar-refractivity contribution in [2.24, 2.45) is 0 Å². The van der Waals surface area contributed by atoms with Gasteiger partial charge >= 0.3 is 0 Å². The molecule has 0 unspecified atom stereocenters. The Morgan fingerprint density at radius 2 is 2.06 bits per heavy atom. The molecule has 7 nitrogen and oxygen atoms in total. The van der Waals surface area contributed by atoms with Gasteiger partial charge in [-0.15, -0.1) is 0 Å². The Labute approximate surface area is 181 Å². The van der Waals surface area contributed by atoms with E-state index in [-0.39, 0.29) is 5.82 Å². The normalized spacial score (nSPS) is 18.6. The van der Waals surface area contributed by atoms with Crippen LogP contribution < -0.4 is 9.64 Å². The average Bonchev–Trinajstić information content (AvgIpc) is 3.40. The average molecular weight is 426 g/mol. The van der Waals surface area contributed by atoms with Crippen molar-refractivity contribution in [1.82, 2.24) is 19.7 Å². The summed E-state index contributed by atoms with van der Waals surface area (Å²) >= 11 is 0. The van der Waals surface area contributed by atoms with Gasteiger partial charge in [-0.3, -0.25) is 9.58 Å². The zero-order valence-corrected chi connectivity index (χ0v) is 17.7. The first kappa shape index (κ1) is 21.3. The zero-order valence-electron chi connectivity index (χ0n) is 17.7. The molecule has 0 saturated carbocycles. The third-order valence-electron chi connectivity index (χ3n) is 5.46. The predicted molar refractivity (Wildman–Crippen MR) is 116 cm³/mol. The van der Waals surface area contributed by atoms with Gasteiger partial charge in [-0.25, -0.2) is 9.37 Å². The van der Waals surface area contributed by atoms with Crippen molar-refractivity contribution < 1.29 is 14.2 Å². The summed E-state index contributed by atoms with van der Waals surface area (Å²) in [6, 6.07) is 13.0. The van der Waals surface area contributed by atoms with E-state index < -0.39 is 5.60 Å². The fraction of sp³-hybridized carbons (Fsp3) is 0.391. The van der Waals surface area contributed by atoms with Crippen molar-refractivity contribution in [3.8, 4) is 5.75 Å².